The predicted octanol–water partition coefficient (Wildman–Crippen LogP) is 1.29. The maximum Gasteiger partial charge on any atom is 0.316 e. The molecule has 0 fully saturated rings. The van der Waals surface area contributed by atoms with E-state index in [4.69, 9.17) is 4.74 Å². The zero-order valence-electron chi connectivity index (χ0n) is 5.22. The van der Waals surface area contributed by atoms with E-state index in [1.165, 1.54) is 0 Å². The van der Waals surface area contributed by atoms with Gasteiger partial charge < -0.3 is 4.74 Å². The number of hydrogen-bond donors (Lipinski definition) is 0. The van der Waals surface area contributed by atoms with Crippen LogP contribution in [0, 0.1) is 0 Å². The average Bonchev–Trinajstić information content (AvgIpc) is 1.89. The van der Waals surface area contributed by atoms with Crippen LogP contribution in [0.1, 0.15) is 0 Å². The molecule has 0 saturated carbocycles. The van der Waals surface area contributed by atoms with Crippen LogP contribution in [0.4, 0.5) is 0 Å². The Morgan fingerprint density at radius 3 is 2.89 bits per heavy atom. The molecule has 2 nitrogen and oxygen atoms in total. The first-order chi connectivity index (χ1) is 4.31. The van der Waals surface area contributed by atoms with Crippen molar-refractivity contribution in [1.82, 2.24) is 0 Å². The van der Waals surface area contributed by atoms with Gasteiger partial charge in [0.2, 0.25) is 0 Å². The molecule has 0 aliphatic heterocycles. The van der Waals surface area contributed by atoms with Crippen molar-refractivity contribution in [2.75, 3.05) is 23.9 Å². The van der Waals surface area contributed by atoms with E-state index in [2.05, 4.69) is 15.9 Å². The molecular formula is C5H9BrO2S. The second-order valence-electron chi connectivity index (χ2n) is 1.35. The summed E-state index contributed by atoms with van der Waals surface area (Å²) in [6.45, 7) is 0.519. The Bertz CT molecular complexity index is 87.0. The molecule has 4 heteroatoms. The van der Waals surface area contributed by atoms with Gasteiger partial charge in [-0.1, -0.05) is 15.9 Å². The minimum atomic E-state index is -0.191. The standard InChI is InChI=1S/C5H9BrO2S/c1-9-3-2-8-5(7)4-6/h2-4H2,1H3. The van der Waals surface area contributed by atoms with Gasteiger partial charge in [-0.25, -0.2) is 0 Å². The first-order valence-corrected chi connectivity index (χ1v) is 5.03. The Morgan fingerprint density at radius 1 is 1.78 bits per heavy atom. The summed E-state index contributed by atoms with van der Waals surface area (Å²) in [4.78, 5) is 10.4. The van der Waals surface area contributed by atoms with Crippen LogP contribution in [-0.4, -0.2) is 29.9 Å². The minimum absolute atomic E-state index is 0.191. The van der Waals surface area contributed by atoms with Crippen molar-refractivity contribution in [3.05, 3.63) is 0 Å². The summed E-state index contributed by atoms with van der Waals surface area (Å²) in [7, 11) is 0. The van der Waals surface area contributed by atoms with Crippen LogP contribution in [0.2, 0.25) is 0 Å². The smallest absolute Gasteiger partial charge is 0.316 e. The summed E-state index contributed by atoms with van der Waals surface area (Å²) < 4.78 is 4.72. The highest BCUT2D eigenvalue weighted by Crippen LogP contribution is 1.92. The number of carbonyl (C=O) groups excluding carboxylic acids is 1. The molecule has 0 bridgehead atoms. The molecule has 0 rings (SSSR count). The lowest BCUT2D eigenvalue weighted by atomic mass is 10.8. The largest absolute Gasteiger partial charge is 0.464 e. The van der Waals surface area contributed by atoms with Crippen molar-refractivity contribution < 1.29 is 9.53 Å². The third kappa shape index (κ3) is 6.18. The Morgan fingerprint density at radius 2 is 2.44 bits per heavy atom. The molecule has 54 valence electrons. The van der Waals surface area contributed by atoms with Crippen LogP contribution in [0.3, 0.4) is 0 Å². The van der Waals surface area contributed by atoms with E-state index in [1.54, 1.807) is 11.8 Å². The van der Waals surface area contributed by atoms with Crippen molar-refractivity contribution in [2.24, 2.45) is 0 Å². The van der Waals surface area contributed by atoms with E-state index in [9.17, 15) is 4.79 Å². The van der Waals surface area contributed by atoms with Gasteiger partial charge in [-0.05, 0) is 6.26 Å². The molecule has 0 saturated heterocycles. The van der Waals surface area contributed by atoms with Crippen molar-refractivity contribution in [1.29, 1.82) is 0 Å². The van der Waals surface area contributed by atoms with Crippen molar-refractivity contribution in [3.8, 4) is 0 Å². The molecular weight excluding hydrogens is 204 g/mol. The highest BCUT2D eigenvalue weighted by molar-refractivity contribution is 9.09. The number of esters is 1. The first kappa shape index (κ1) is 9.30. The lowest BCUT2D eigenvalue weighted by Gasteiger charge is -1.98. The van der Waals surface area contributed by atoms with Gasteiger partial charge in [-0.2, -0.15) is 11.8 Å². The van der Waals surface area contributed by atoms with E-state index < -0.39 is 0 Å². The maximum atomic E-state index is 10.4. The van der Waals surface area contributed by atoms with Gasteiger partial charge in [0.15, 0.2) is 0 Å². The van der Waals surface area contributed by atoms with Crippen LogP contribution in [0.15, 0.2) is 0 Å². The number of ether oxygens (including phenoxy) is 1. The second-order valence-corrected chi connectivity index (χ2v) is 2.89. The molecule has 0 aromatic rings. The summed E-state index contributed by atoms with van der Waals surface area (Å²) in [5.74, 6) is 0.683. The summed E-state index contributed by atoms with van der Waals surface area (Å²) in [5, 5.41) is 0.293. The minimum Gasteiger partial charge on any atom is -0.464 e. The molecule has 0 atom stereocenters. The fourth-order valence-electron chi connectivity index (χ4n) is 0.277. The first-order valence-electron chi connectivity index (χ1n) is 2.51. The van der Waals surface area contributed by atoms with Gasteiger partial charge in [0.05, 0.1) is 0 Å². The zero-order chi connectivity index (χ0) is 7.11. The quantitative estimate of drug-likeness (QED) is 0.400. The number of alkyl halides is 1. The lowest BCUT2D eigenvalue weighted by Crippen LogP contribution is -2.07. The Labute approximate surface area is 67.5 Å². The van der Waals surface area contributed by atoms with Crippen molar-refractivity contribution >= 4 is 33.7 Å². The van der Waals surface area contributed by atoms with E-state index in [-0.39, 0.29) is 5.97 Å². The van der Waals surface area contributed by atoms with Gasteiger partial charge in [-0.3, -0.25) is 4.79 Å². The highest BCUT2D eigenvalue weighted by Gasteiger charge is 1.96. The molecule has 0 amide bonds. The predicted molar refractivity (Wildman–Crippen MR) is 43.1 cm³/mol. The Balaban J connectivity index is 2.97. The third-order valence-corrected chi connectivity index (χ3v) is 1.69. The SMILES string of the molecule is CSCCOC(=O)CBr. The lowest BCUT2D eigenvalue weighted by molar-refractivity contribution is -0.139. The molecule has 0 unspecified atom stereocenters. The number of hydrogen-bond acceptors (Lipinski definition) is 3. The number of thioether (sulfide) groups is 1. The maximum absolute atomic E-state index is 10.4. The van der Waals surface area contributed by atoms with Crippen molar-refractivity contribution in [3.63, 3.8) is 0 Å². The van der Waals surface area contributed by atoms with Crippen LogP contribution < -0.4 is 0 Å². The van der Waals surface area contributed by atoms with Crippen LogP contribution in [-0.2, 0) is 9.53 Å². The molecule has 0 radical (unpaired) electrons. The molecule has 0 spiro atoms. The van der Waals surface area contributed by atoms with Crippen LogP contribution in [0.5, 0.6) is 0 Å². The molecule has 0 aliphatic rings. The van der Waals surface area contributed by atoms with Gasteiger partial charge in [0, 0.05) is 5.75 Å². The van der Waals surface area contributed by atoms with E-state index in [1.807, 2.05) is 6.26 Å². The topological polar surface area (TPSA) is 26.3 Å². The molecule has 0 aromatic heterocycles. The van der Waals surface area contributed by atoms with E-state index in [0.717, 1.165) is 5.75 Å². The van der Waals surface area contributed by atoms with E-state index in [0.29, 0.717) is 11.9 Å². The van der Waals surface area contributed by atoms with Gasteiger partial charge in [0.25, 0.3) is 0 Å². The van der Waals surface area contributed by atoms with Gasteiger partial charge >= 0.3 is 5.97 Å². The third-order valence-electron chi connectivity index (χ3n) is 0.660. The van der Waals surface area contributed by atoms with Crippen LogP contribution >= 0.6 is 27.7 Å². The molecule has 0 N–H and O–H groups in total. The summed E-state index contributed by atoms with van der Waals surface area (Å²) in [6, 6.07) is 0. The normalized spacial score (nSPS) is 9.11. The van der Waals surface area contributed by atoms with E-state index >= 15 is 0 Å². The van der Waals surface area contributed by atoms with Crippen LogP contribution in [0.25, 0.3) is 0 Å². The number of carbonyl (C=O) groups is 1. The zero-order valence-corrected chi connectivity index (χ0v) is 7.63. The Kier molecular flexibility index (Phi) is 6.63. The summed E-state index contributed by atoms with van der Waals surface area (Å²) >= 11 is 4.65. The molecule has 0 aromatic carbocycles. The fraction of sp³-hybridized carbons (Fsp3) is 0.800. The molecule has 0 heterocycles. The van der Waals surface area contributed by atoms with Gasteiger partial charge in [0.1, 0.15) is 11.9 Å². The summed E-state index contributed by atoms with van der Waals surface area (Å²) in [5.41, 5.74) is 0. The number of halogens is 1. The fourth-order valence-corrected chi connectivity index (χ4v) is 0.689. The van der Waals surface area contributed by atoms with Crippen molar-refractivity contribution in [2.45, 2.75) is 0 Å². The second kappa shape index (κ2) is 6.42. The summed E-state index contributed by atoms with van der Waals surface area (Å²) in [6.07, 6.45) is 1.97. The molecule has 9 heavy (non-hydrogen) atoms. The average molecular weight is 213 g/mol. The monoisotopic (exact) mass is 212 g/mol. The highest BCUT2D eigenvalue weighted by atomic mass is 79.9. The molecule has 0 aliphatic carbocycles. The van der Waals surface area contributed by atoms with Gasteiger partial charge in [-0.15, -0.1) is 0 Å². The Hall–Kier alpha value is 0.300. The number of rotatable bonds is 4.